The van der Waals surface area contributed by atoms with Gasteiger partial charge in [-0.1, -0.05) is 68.4 Å². The molecule has 0 N–H and O–H groups in total. The number of carbonyl (C=O) groups is 1. The van der Waals surface area contributed by atoms with E-state index in [0.717, 1.165) is 47.9 Å². The second kappa shape index (κ2) is 8.73. The highest BCUT2D eigenvalue weighted by molar-refractivity contribution is 6.32. The van der Waals surface area contributed by atoms with Crippen LogP contribution in [-0.2, 0) is 16.2 Å². The molecular formula is C43H45NO2. The highest BCUT2D eigenvalue weighted by atomic mass is 16.3. The van der Waals surface area contributed by atoms with Crippen LogP contribution in [0.2, 0.25) is 0 Å². The number of carbonyl (C=O) groups excluding carboxylic acids is 1. The first-order valence-electron chi connectivity index (χ1n) is 17.4. The Bertz CT molecular complexity index is 2440. The molecule has 0 radical (unpaired) electrons. The number of ketones is 1. The number of fused-ring (bicyclic) bond motifs is 12. The summed E-state index contributed by atoms with van der Waals surface area (Å²) in [5, 5.41) is 7.53. The van der Waals surface area contributed by atoms with Crippen LogP contribution in [0.4, 0.5) is 0 Å². The largest absolute Gasteiger partial charge is 0.456 e. The SMILES string of the molecule is CC(C)(C)c1cc(C(C)(C)C)c2oc3ccc4c(c5cc(C(C)(C)C)cc6c7cc8c(cc7n4c65)C(=O)C4CCC8CC4)c3c2c1. The van der Waals surface area contributed by atoms with Crippen LogP contribution in [0, 0.1) is 5.92 Å². The number of Topliss-reactive ketones (excluding diaryl/α,β-unsaturated/α-hetero) is 1. The van der Waals surface area contributed by atoms with Gasteiger partial charge >= 0.3 is 0 Å². The predicted octanol–water partition coefficient (Wildman–Crippen LogP) is 12.1. The second-order valence-corrected chi connectivity index (χ2v) is 17.7. The zero-order valence-corrected chi connectivity index (χ0v) is 28.9. The summed E-state index contributed by atoms with van der Waals surface area (Å²) in [6.45, 7) is 20.7. The quantitative estimate of drug-likeness (QED) is 0.172. The zero-order chi connectivity index (χ0) is 32.2. The van der Waals surface area contributed by atoms with E-state index in [9.17, 15) is 4.79 Å². The third-order valence-electron chi connectivity index (χ3n) is 11.6. The first-order chi connectivity index (χ1) is 21.6. The second-order valence-electron chi connectivity index (χ2n) is 17.7. The Morgan fingerprint density at radius 1 is 0.630 bits per heavy atom. The minimum Gasteiger partial charge on any atom is -0.456 e. The molecule has 3 heterocycles. The molecule has 0 unspecified atom stereocenters. The van der Waals surface area contributed by atoms with Crippen molar-refractivity contribution in [1.29, 1.82) is 0 Å². The van der Waals surface area contributed by atoms with Crippen molar-refractivity contribution < 1.29 is 9.21 Å². The van der Waals surface area contributed by atoms with Crippen molar-refractivity contribution >= 4 is 65.8 Å². The molecule has 3 aromatic heterocycles. The minimum absolute atomic E-state index is 0.000388. The van der Waals surface area contributed by atoms with Crippen LogP contribution in [0.1, 0.15) is 127 Å². The Balaban J connectivity index is 1.50. The number of nitrogens with zero attached hydrogens (tertiary/aromatic N) is 1. The van der Waals surface area contributed by atoms with Gasteiger partial charge in [0.25, 0.3) is 0 Å². The molecule has 46 heavy (non-hydrogen) atoms. The lowest BCUT2D eigenvalue weighted by molar-refractivity contribution is 0.0898. The van der Waals surface area contributed by atoms with E-state index in [1.165, 1.54) is 65.6 Å². The topological polar surface area (TPSA) is 34.6 Å². The Hall–Kier alpha value is -3.85. The summed E-state index contributed by atoms with van der Waals surface area (Å²) in [6, 6.07) is 18.8. The maximum Gasteiger partial charge on any atom is 0.166 e. The van der Waals surface area contributed by atoms with Gasteiger partial charge < -0.3 is 8.82 Å². The van der Waals surface area contributed by atoms with Crippen molar-refractivity contribution in [2.45, 2.75) is 110 Å². The zero-order valence-electron chi connectivity index (χ0n) is 28.9. The molecule has 0 atom stereocenters. The van der Waals surface area contributed by atoms with Crippen molar-refractivity contribution in [1.82, 2.24) is 4.40 Å². The van der Waals surface area contributed by atoms with Gasteiger partial charge in [-0.25, -0.2) is 0 Å². The molecule has 4 aromatic carbocycles. The summed E-state index contributed by atoms with van der Waals surface area (Å²) in [6.07, 6.45) is 4.33. The third-order valence-corrected chi connectivity index (χ3v) is 11.6. The molecule has 0 amide bonds. The summed E-state index contributed by atoms with van der Waals surface area (Å²) in [4.78, 5) is 13.9. The van der Waals surface area contributed by atoms with Gasteiger partial charge in [0.05, 0.1) is 16.6 Å². The lowest BCUT2D eigenvalue weighted by atomic mass is 9.79. The van der Waals surface area contributed by atoms with E-state index < -0.39 is 0 Å². The standard InChI is InChI=1S/C43H45NO2/c1-41(2,3)24-16-28-27-20-26-22-10-12-23(13-11-22)39(45)29(26)21-34(27)44-33-14-15-35-37(36(33)30(17-24)38(28)44)31-18-25(42(4,5)6)19-32(40(31)46-35)43(7,8)9/h14-23H,10-13H2,1-9H3. The van der Waals surface area contributed by atoms with Crippen LogP contribution in [0.15, 0.2) is 52.9 Å². The fourth-order valence-corrected chi connectivity index (χ4v) is 8.93. The number of hydrogen-bond acceptors (Lipinski definition) is 2. The van der Waals surface area contributed by atoms with Crippen LogP contribution in [0.25, 0.3) is 60.0 Å². The van der Waals surface area contributed by atoms with E-state index in [1.807, 2.05) is 0 Å². The van der Waals surface area contributed by atoms with E-state index in [0.29, 0.717) is 11.7 Å². The number of hydrogen-bond donors (Lipinski definition) is 0. The average Bonchev–Trinajstić information content (AvgIpc) is 3.58. The van der Waals surface area contributed by atoms with Crippen molar-refractivity contribution in [3.8, 4) is 0 Å². The van der Waals surface area contributed by atoms with Crippen LogP contribution in [-0.4, -0.2) is 10.2 Å². The first-order valence-corrected chi connectivity index (χ1v) is 17.4. The molecule has 0 saturated heterocycles. The van der Waals surface area contributed by atoms with E-state index in [2.05, 4.69) is 115 Å². The molecule has 0 spiro atoms. The van der Waals surface area contributed by atoms with Gasteiger partial charge in [0.15, 0.2) is 5.78 Å². The molecule has 1 saturated carbocycles. The van der Waals surface area contributed by atoms with E-state index in [4.69, 9.17) is 4.42 Å². The highest BCUT2D eigenvalue weighted by Crippen LogP contribution is 2.50. The maximum atomic E-state index is 13.9. The molecular weight excluding hydrogens is 562 g/mol. The summed E-state index contributed by atoms with van der Waals surface area (Å²) < 4.78 is 9.31. The summed E-state index contributed by atoms with van der Waals surface area (Å²) >= 11 is 0. The van der Waals surface area contributed by atoms with E-state index in [1.54, 1.807) is 0 Å². The lowest BCUT2D eigenvalue weighted by Crippen LogP contribution is -2.16. The number of rotatable bonds is 0. The fourth-order valence-electron chi connectivity index (χ4n) is 8.93. The van der Waals surface area contributed by atoms with Crippen LogP contribution < -0.4 is 0 Å². The van der Waals surface area contributed by atoms with Gasteiger partial charge in [-0.3, -0.25) is 4.79 Å². The summed E-state index contributed by atoms with van der Waals surface area (Å²) in [5.41, 5.74) is 11.7. The molecule has 3 nitrogen and oxygen atoms in total. The Kier molecular flexibility index (Phi) is 5.39. The van der Waals surface area contributed by atoms with Crippen molar-refractivity contribution in [3.63, 3.8) is 0 Å². The number of aromatic nitrogens is 1. The maximum absolute atomic E-state index is 13.9. The Morgan fingerprint density at radius 2 is 1.26 bits per heavy atom. The van der Waals surface area contributed by atoms with E-state index in [-0.39, 0.29) is 22.2 Å². The molecule has 2 bridgehead atoms. The predicted molar refractivity (Wildman–Crippen MR) is 194 cm³/mol. The molecule has 3 aliphatic carbocycles. The monoisotopic (exact) mass is 607 g/mol. The third kappa shape index (κ3) is 3.69. The van der Waals surface area contributed by atoms with Crippen LogP contribution >= 0.6 is 0 Å². The minimum atomic E-state index is -0.0682. The van der Waals surface area contributed by atoms with Crippen molar-refractivity contribution in [2.24, 2.45) is 5.92 Å². The molecule has 0 aliphatic heterocycles. The van der Waals surface area contributed by atoms with Gasteiger partial charge in [0, 0.05) is 49.4 Å². The molecule has 3 heteroatoms. The first kappa shape index (κ1) is 28.4. The van der Waals surface area contributed by atoms with Crippen LogP contribution in [0.5, 0.6) is 0 Å². The highest BCUT2D eigenvalue weighted by Gasteiger charge is 2.36. The molecule has 3 aliphatic rings. The molecule has 1 fully saturated rings. The normalized spacial score (nSPS) is 19.5. The van der Waals surface area contributed by atoms with Gasteiger partial charge in [-0.05, 0) is 107 Å². The molecule has 10 rings (SSSR count). The smallest absolute Gasteiger partial charge is 0.166 e. The van der Waals surface area contributed by atoms with Gasteiger partial charge in [-0.15, -0.1) is 0 Å². The van der Waals surface area contributed by atoms with Gasteiger partial charge in [0.1, 0.15) is 11.2 Å². The summed E-state index contributed by atoms with van der Waals surface area (Å²) in [7, 11) is 0. The van der Waals surface area contributed by atoms with E-state index >= 15 is 0 Å². The summed E-state index contributed by atoms with van der Waals surface area (Å²) in [5.74, 6) is 1.04. The lowest BCUT2D eigenvalue weighted by Gasteiger charge is -2.25. The van der Waals surface area contributed by atoms with Crippen LogP contribution in [0.3, 0.4) is 0 Å². The van der Waals surface area contributed by atoms with Gasteiger partial charge in [0.2, 0.25) is 0 Å². The van der Waals surface area contributed by atoms with Gasteiger partial charge in [-0.2, -0.15) is 0 Å². The number of furan rings is 1. The fraction of sp³-hybridized carbons (Fsp3) is 0.419. The Labute approximate surface area is 271 Å². The van der Waals surface area contributed by atoms with Crippen molar-refractivity contribution in [2.75, 3.05) is 0 Å². The molecule has 234 valence electrons. The Morgan fingerprint density at radius 3 is 1.93 bits per heavy atom. The van der Waals surface area contributed by atoms with Crippen molar-refractivity contribution in [3.05, 3.63) is 76.3 Å². The average molecular weight is 608 g/mol. The molecule has 7 aromatic rings. The number of benzene rings is 4.